The van der Waals surface area contributed by atoms with Crippen LogP contribution in [0.2, 0.25) is 0 Å². The maximum atomic E-state index is 10.1. The van der Waals surface area contributed by atoms with Gasteiger partial charge in [-0.25, -0.2) is 4.98 Å². The summed E-state index contributed by atoms with van der Waals surface area (Å²) in [5.74, 6) is 0.268. The molecule has 2 N–H and O–H groups in total. The molecule has 0 bridgehead atoms. The number of para-hydroxylation sites is 1. The highest BCUT2D eigenvalue weighted by Gasteiger charge is 2.09. The quantitative estimate of drug-likeness (QED) is 0.595. The Morgan fingerprint density at radius 1 is 0.958 bits per heavy atom. The maximum absolute atomic E-state index is 10.1. The van der Waals surface area contributed by atoms with E-state index in [1.807, 2.05) is 48.8 Å². The van der Waals surface area contributed by atoms with E-state index in [0.29, 0.717) is 0 Å². The van der Waals surface area contributed by atoms with Crippen LogP contribution in [0, 0.1) is 0 Å². The van der Waals surface area contributed by atoms with Gasteiger partial charge >= 0.3 is 0 Å². The molecule has 4 nitrogen and oxygen atoms in total. The van der Waals surface area contributed by atoms with E-state index < -0.39 is 0 Å². The number of fused-ring (bicyclic) bond motifs is 1. The molecule has 3 aromatic heterocycles. The number of aromatic hydroxyl groups is 1. The number of benzene rings is 1. The lowest BCUT2D eigenvalue weighted by Crippen LogP contribution is -1.93. The molecular formula is C20H17N3O. The van der Waals surface area contributed by atoms with Crippen LogP contribution in [0.5, 0.6) is 5.75 Å². The number of pyridine rings is 2. The lowest BCUT2D eigenvalue weighted by atomic mass is 10.0. The number of nitrogens with one attached hydrogen (secondary N) is 1. The summed E-state index contributed by atoms with van der Waals surface area (Å²) in [6.45, 7) is 0. The average molecular weight is 315 g/mol. The van der Waals surface area contributed by atoms with Gasteiger partial charge < -0.3 is 10.1 Å². The highest BCUT2D eigenvalue weighted by atomic mass is 16.3. The van der Waals surface area contributed by atoms with Gasteiger partial charge in [0.05, 0.1) is 0 Å². The number of phenols is 1. The van der Waals surface area contributed by atoms with Crippen molar-refractivity contribution in [2.24, 2.45) is 0 Å². The summed E-state index contributed by atoms with van der Waals surface area (Å²) in [5.41, 5.74) is 4.87. The first-order valence-electron chi connectivity index (χ1n) is 7.95. The molecule has 0 amide bonds. The molecule has 1 aromatic carbocycles. The largest absolute Gasteiger partial charge is 0.507 e. The van der Waals surface area contributed by atoms with Crippen LogP contribution in [0.3, 0.4) is 0 Å². The van der Waals surface area contributed by atoms with Crippen molar-refractivity contribution in [2.75, 3.05) is 0 Å². The first-order chi connectivity index (χ1) is 11.8. The number of aryl methyl sites for hydroxylation is 2. The molecule has 4 aromatic rings. The Morgan fingerprint density at radius 2 is 1.83 bits per heavy atom. The molecule has 0 aliphatic carbocycles. The van der Waals surface area contributed by atoms with Crippen LogP contribution in [0.25, 0.3) is 22.2 Å². The summed E-state index contributed by atoms with van der Waals surface area (Å²) in [6.07, 6.45) is 7.39. The van der Waals surface area contributed by atoms with Gasteiger partial charge in [0.1, 0.15) is 11.4 Å². The van der Waals surface area contributed by atoms with E-state index in [9.17, 15) is 5.11 Å². The standard InChI is InChI=1S/C20H17N3O/c24-19-7-2-1-6-17(19)15-11-18-14(12-22-20(18)23-13-15)8-9-16-5-3-4-10-21-16/h1-7,10-13,24H,8-9H2,(H,22,23). The lowest BCUT2D eigenvalue weighted by molar-refractivity contribution is 0.477. The summed E-state index contributed by atoms with van der Waals surface area (Å²) < 4.78 is 0. The zero-order chi connectivity index (χ0) is 16.4. The predicted molar refractivity (Wildman–Crippen MR) is 94.8 cm³/mol. The van der Waals surface area contributed by atoms with Crippen LogP contribution >= 0.6 is 0 Å². The Balaban J connectivity index is 1.68. The summed E-state index contributed by atoms with van der Waals surface area (Å²) in [6, 6.07) is 15.4. The normalized spacial score (nSPS) is 11.0. The number of aromatic nitrogens is 3. The van der Waals surface area contributed by atoms with E-state index in [0.717, 1.165) is 40.7 Å². The van der Waals surface area contributed by atoms with Gasteiger partial charge in [0.25, 0.3) is 0 Å². The fourth-order valence-electron chi connectivity index (χ4n) is 2.94. The predicted octanol–water partition coefficient (Wildman–Crippen LogP) is 4.12. The molecule has 0 saturated heterocycles. The molecule has 0 spiro atoms. The smallest absolute Gasteiger partial charge is 0.137 e. The SMILES string of the molecule is Oc1ccccc1-c1cnc2[nH]cc(CCc3ccccn3)c2c1. The van der Waals surface area contributed by atoms with Crippen molar-refractivity contribution in [3.8, 4) is 16.9 Å². The molecule has 3 heterocycles. The first-order valence-corrected chi connectivity index (χ1v) is 7.95. The van der Waals surface area contributed by atoms with Crippen LogP contribution in [0.4, 0.5) is 0 Å². The molecular weight excluding hydrogens is 298 g/mol. The third-order valence-corrected chi connectivity index (χ3v) is 4.21. The minimum absolute atomic E-state index is 0.268. The highest BCUT2D eigenvalue weighted by molar-refractivity contribution is 5.85. The van der Waals surface area contributed by atoms with Crippen LogP contribution in [0.1, 0.15) is 11.3 Å². The number of hydrogen-bond acceptors (Lipinski definition) is 3. The van der Waals surface area contributed by atoms with Crippen molar-refractivity contribution in [3.05, 3.63) is 78.4 Å². The Hall–Kier alpha value is -3.14. The van der Waals surface area contributed by atoms with Crippen molar-refractivity contribution in [3.63, 3.8) is 0 Å². The van der Waals surface area contributed by atoms with E-state index in [-0.39, 0.29) is 5.75 Å². The molecule has 0 aliphatic rings. The number of aromatic amines is 1. The molecule has 0 unspecified atom stereocenters. The van der Waals surface area contributed by atoms with E-state index in [2.05, 4.69) is 21.0 Å². The maximum Gasteiger partial charge on any atom is 0.137 e. The molecule has 4 rings (SSSR count). The zero-order valence-electron chi connectivity index (χ0n) is 13.1. The summed E-state index contributed by atoms with van der Waals surface area (Å²) in [7, 11) is 0. The van der Waals surface area contributed by atoms with Gasteiger partial charge in [-0.1, -0.05) is 24.3 Å². The monoisotopic (exact) mass is 315 g/mol. The molecule has 0 aliphatic heterocycles. The molecule has 118 valence electrons. The highest BCUT2D eigenvalue weighted by Crippen LogP contribution is 2.31. The van der Waals surface area contributed by atoms with Crippen LogP contribution in [-0.2, 0) is 12.8 Å². The van der Waals surface area contributed by atoms with E-state index >= 15 is 0 Å². The number of phenolic OH excluding ortho intramolecular Hbond substituents is 1. The van der Waals surface area contributed by atoms with E-state index in [4.69, 9.17) is 0 Å². The second-order valence-electron chi connectivity index (χ2n) is 5.77. The Morgan fingerprint density at radius 3 is 2.67 bits per heavy atom. The van der Waals surface area contributed by atoms with Gasteiger partial charge in [0.15, 0.2) is 0 Å². The molecule has 0 fully saturated rings. The molecule has 0 saturated carbocycles. The van der Waals surface area contributed by atoms with Crippen molar-refractivity contribution >= 4 is 11.0 Å². The van der Waals surface area contributed by atoms with Crippen LogP contribution in [0.15, 0.2) is 67.1 Å². The number of hydrogen-bond donors (Lipinski definition) is 2. The molecule has 0 atom stereocenters. The van der Waals surface area contributed by atoms with Crippen molar-refractivity contribution in [1.29, 1.82) is 0 Å². The second kappa shape index (κ2) is 6.16. The lowest BCUT2D eigenvalue weighted by Gasteiger charge is -2.05. The second-order valence-corrected chi connectivity index (χ2v) is 5.77. The fourth-order valence-corrected chi connectivity index (χ4v) is 2.94. The summed E-state index contributed by atoms with van der Waals surface area (Å²) in [4.78, 5) is 12.1. The number of H-pyrrole nitrogens is 1. The topological polar surface area (TPSA) is 61.8 Å². The van der Waals surface area contributed by atoms with E-state index in [1.165, 1.54) is 5.56 Å². The van der Waals surface area contributed by atoms with Crippen molar-refractivity contribution in [1.82, 2.24) is 15.0 Å². The minimum atomic E-state index is 0.268. The molecule has 0 radical (unpaired) electrons. The Kier molecular flexibility index (Phi) is 3.71. The van der Waals surface area contributed by atoms with Gasteiger partial charge in [-0.2, -0.15) is 0 Å². The van der Waals surface area contributed by atoms with Crippen LogP contribution < -0.4 is 0 Å². The fraction of sp³-hybridized carbons (Fsp3) is 0.100. The van der Waals surface area contributed by atoms with Gasteiger partial charge in [0, 0.05) is 40.8 Å². The molecule has 24 heavy (non-hydrogen) atoms. The van der Waals surface area contributed by atoms with Crippen molar-refractivity contribution < 1.29 is 5.11 Å². The summed E-state index contributed by atoms with van der Waals surface area (Å²) >= 11 is 0. The minimum Gasteiger partial charge on any atom is -0.507 e. The van der Waals surface area contributed by atoms with Gasteiger partial charge in [-0.05, 0) is 42.7 Å². The molecule has 4 heteroatoms. The first kappa shape index (κ1) is 14.5. The van der Waals surface area contributed by atoms with Crippen LogP contribution in [-0.4, -0.2) is 20.1 Å². The Bertz CT molecular complexity index is 977. The zero-order valence-corrected chi connectivity index (χ0v) is 13.1. The van der Waals surface area contributed by atoms with E-state index in [1.54, 1.807) is 12.3 Å². The van der Waals surface area contributed by atoms with Gasteiger partial charge in [-0.15, -0.1) is 0 Å². The summed E-state index contributed by atoms with van der Waals surface area (Å²) in [5, 5.41) is 11.2. The third-order valence-electron chi connectivity index (χ3n) is 4.21. The van der Waals surface area contributed by atoms with Gasteiger partial charge in [0.2, 0.25) is 0 Å². The number of rotatable bonds is 4. The average Bonchev–Trinajstić information content (AvgIpc) is 3.03. The Labute approximate surface area is 139 Å². The third kappa shape index (κ3) is 2.74. The van der Waals surface area contributed by atoms with Gasteiger partial charge in [-0.3, -0.25) is 4.98 Å². The number of nitrogens with zero attached hydrogens (tertiary/aromatic N) is 2. The van der Waals surface area contributed by atoms with Crippen molar-refractivity contribution in [2.45, 2.75) is 12.8 Å².